The highest BCUT2D eigenvalue weighted by atomic mass is 35.5. The standard InChI is InChI=1S/C29H33ClN2O2S/c1-21(2)31-29(34)27(17-23-12-5-4-6-13-23)32(18-24-14-8-7-11-22(24)3)28(33)20-35-19-25-15-9-10-16-26(25)30/h4-16,21,27H,17-20H2,1-3H3,(H,31,34)/t27-/m0/s1. The fraction of sp³-hybridized carbons (Fsp3) is 0.310. The van der Waals surface area contributed by atoms with E-state index < -0.39 is 6.04 Å². The highest BCUT2D eigenvalue weighted by molar-refractivity contribution is 7.99. The number of amides is 2. The van der Waals surface area contributed by atoms with Crippen LogP contribution in [-0.4, -0.2) is 34.6 Å². The summed E-state index contributed by atoms with van der Waals surface area (Å²) in [5, 5.41) is 3.73. The van der Waals surface area contributed by atoms with Crippen LogP contribution in [0.15, 0.2) is 78.9 Å². The molecule has 3 aromatic carbocycles. The minimum absolute atomic E-state index is 0.0224. The van der Waals surface area contributed by atoms with E-state index in [1.807, 2.05) is 99.6 Å². The number of halogens is 1. The lowest BCUT2D eigenvalue weighted by atomic mass is 10.0. The molecule has 0 fully saturated rings. The molecule has 0 aliphatic rings. The summed E-state index contributed by atoms with van der Waals surface area (Å²) in [4.78, 5) is 28.8. The molecule has 4 nitrogen and oxygen atoms in total. The van der Waals surface area contributed by atoms with E-state index in [1.54, 1.807) is 4.90 Å². The van der Waals surface area contributed by atoms with Crippen LogP contribution in [0.1, 0.15) is 36.1 Å². The van der Waals surface area contributed by atoms with Crippen LogP contribution in [0.5, 0.6) is 0 Å². The summed E-state index contributed by atoms with van der Waals surface area (Å²) in [7, 11) is 0. The van der Waals surface area contributed by atoms with Gasteiger partial charge in [0.2, 0.25) is 11.8 Å². The summed E-state index contributed by atoms with van der Waals surface area (Å²) in [5.41, 5.74) is 4.14. The van der Waals surface area contributed by atoms with Crippen molar-refractivity contribution in [2.75, 3.05) is 5.75 Å². The highest BCUT2D eigenvalue weighted by Crippen LogP contribution is 2.23. The molecule has 0 radical (unpaired) electrons. The molecule has 0 spiro atoms. The first-order chi connectivity index (χ1) is 16.8. The zero-order chi connectivity index (χ0) is 25.2. The van der Waals surface area contributed by atoms with Crippen molar-refractivity contribution in [3.8, 4) is 0 Å². The molecule has 1 atom stereocenters. The van der Waals surface area contributed by atoms with Crippen molar-refractivity contribution in [2.24, 2.45) is 0 Å². The van der Waals surface area contributed by atoms with Gasteiger partial charge in [0, 0.05) is 29.8 Å². The Hall–Kier alpha value is -2.76. The van der Waals surface area contributed by atoms with Crippen LogP contribution < -0.4 is 5.32 Å². The molecule has 0 aliphatic heterocycles. The van der Waals surface area contributed by atoms with E-state index in [0.717, 1.165) is 22.3 Å². The van der Waals surface area contributed by atoms with Crippen LogP contribution in [0.4, 0.5) is 0 Å². The Balaban J connectivity index is 1.86. The van der Waals surface area contributed by atoms with Gasteiger partial charge in [-0.15, -0.1) is 11.8 Å². The number of carbonyl (C=O) groups excluding carboxylic acids is 2. The van der Waals surface area contributed by atoms with E-state index in [4.69, 9.17) is 11.6 Å². The third-order valence-corrected chi connectivity index (χ3v) is 7.08. The van der Waals surface area contributed by atoms with Crippen molar-refractivity contribution in [3.05, 3.63) is 106 Å². The number of hydrogen-bond acceptors (Lipinski definition) is 3. The summed E-state index contributed by atoms with van der Waals surface area (Å²) in [6.07, 6.45) is 0.451. The van der Waals surface area contributed by atoms with Gasteiger partial charge in [-0.25, -0.2) is 0 Å². The minimum atomic E-state index is -0.618. The molecule has 0 heterocycles. The Bertz CT molecular complexity index is 1120. The SMILES string of the molecule is Cc1ccccc1CN(C(=O)CSCc1ccccc1Cl)[C@@H](Cc1ccccc1)C(=O)NC(C)C. The fourth-order valence-corrected chi connectivity index (χ4v) is 5.05. The van der Waals surface area contributed by atoms with Crippen LogP contribution in [0.25, 0.3) is 0 Å². The van der Waals surface area contributed by atoms with Crippen molar-refractivity contribution >= 4 is 35.2 Å². The van der Waals surface area contributed by atoms with Gasteiger partial charge in [-0.1, -0.05) is 84.4 Å². The molecule has 1 N–H and O–H groups in total. The van der Waals surface area contributed by atoms with E-state index in [0.29, 0.717) is 23.7 Å². The third kappa shape index (κ3) is 8.15. The van der Waals surface area contributed by atoms with Gasteiger partial charge in [0.25, 0.3) is 0 Å². The summed E-state index contributed by atoms with van der Waals surface area (Å²) in [6, 6.07) is 24.9. The zero-order valence-electron chi connectivity index (χ0n) is 20.5. The quantitative estimate of drug-likeness (QED) is 0.343. The Morgan fingerprint density at radius 3 is 2.20 bits per heavy atom. The van der Waals surface area contributed by atoms with Crippen molar-refractivity contribution < 1.29 is 9.59 Å². The second kappa shape index (κ2) is 13.4. The predicted octanol–water partition coefficient (Wildman–Crippen LogP) is 6.05. The Kier molecular flexibility index (Phi) is 10.2. The van der Waals surface area contributed by atoms with Gasteiger partial charge in [0.15, 0.2) is 0 Å². The normalized spacial score (nSPS) is 11.8. The van der Waals surface area contributed by atoms with Crippen molar-refractivity contribution in [2.45, 2.75) is 51.6 Å². The van der Waals surface area contributed by atoms with Crippen molar-refractivity contribution in [1.29, 1.82) is 0 Å². The van der Waals surface area contributed by atoms with Crippen LogP contribution >= 0.6 is 23.4 Å². The summed E-state index contributed by atoms with van der Waals surface area (Å²) in [5.74, 6) is 0.690. The maximum Gasteiger partial charge on any atom is 0.243 e. The summed E-state index contributed by atoms with van der Waals surface area (Å²) >= 11 is 7.81. The molecule has 3 aromatic rings. The number of benzene rings is 3. The van der Waals surface area contributed by atoms with Gasteiger partial charge in [0.05, 0.1) is 5.75 Å². The van der Waals surface area contributed by atoms with Gasteiger partial charge < -0.3 is 10.2 Å². The van der Waals surface area contributed by atoms with Crippen molar-refractivity contribution in [3.63, 3.8) is 0 Å². The Morgan fingerprint density at radius 2 is 1.54 bits per heavy atom. The number of aryl methyl sites for hydroxylation is 1. The average molecular weight is 509 g/mol. The molecule has 0 bridgehead atoms. The largest absolute Gasteiger partial charge is 0.352 e. The Morgan fingerprint density at radius 1 is 0.914 bits per heavy atom. The molecule has 184 valence electrons. The van der Waals surface area contributed by atoms with Crippen molar-refractivity contribution in [1.82, 2.24) is 10.2 Å². The first kappa shape index (κ1) is 26.8. The average Bonchev–Trinajstić information content (AvgIpc) is 2.83. The fourth-order valence-electron chi connectivity index (χ4n) is 3.85. The van der Waals surface area contributed by atoms with Gasteiger partial charge in [-0.3, -0.25) is 9.59 Å². The molecule has 0 saturated carbocycles. The molecular weight excluding hydrogens is 476 g/mol. The smallest absolute Gasteiger partial charge is 0.243 e. The van der Waals surface area contributed by atoms with Crippen LogP contribution in [-0.2, 0) is 28.3 Å². The second-order valence-electron chi connectivity index (χ2n) is 8.90. The van der Waals surface area contributed by atoms with Crippen LogP contribution in [0.2, 0.25) is 5.02 Å². The first-order valence-corrected chi connectivity index (χ1v) is 13.4. The van der Waals surface area contributed by atoms with Gasteiger partial charge in [-0.05, 0) is 49.1 Å². The molecule has 0 aromatic heterocycles. The highest BCUT2D eigenvalue weighted by Gasteiger charge is 2.30. The molecule has 6 heteroatoms. The number of hydrogen-bond donors (Lipinski definition) is 1. The molecule has 3 rings (SSSR count). The lowest BCUT2D eigenvalue weighted by molar-refractivity contribution is -0.139. The molecular formula is C29H33ClN2O2S. The topological polar surface area (TPSA) is 49.4 Å². The van der Waals surface area contributed by atoms with E-state index in [1.165, 1.54) is 11.8 Å². The van der Waals surface area contributed by atoms with E-state index in [-0.39, 0.29) is 23.6 Å². The molecule has 2 amide bonds. The maximum atomic E-state index is 13.6. The molecule has 0 aliphatic carbocycles. The van der Waals surface area contributed by atoms with Gasteiger partial charge in [0.1, 0.15) is 6.04 Å². The molecule has 0 saturated heterocycles. The lowest BCUT2D eigenvalue weighted by Crippen LogP contribution is -2.52. The number of nitrogens with one attached hydrogen (secondary N) is 1. The van der Waals surface area contributed by atoms with Gasteiger partial charge in [-0.2, -0.15) is 0 Å². The molecule has 35 heavy (non-hydrogen) atoms. The van der Waals surface area contributed by atoms with Gasteiger partial charge >= 0.3 is 0 Å². The summed E-state index contributed by atoms with van der Waals surface area (Å²) < 4.78 is 0. The maximum absolute atomic E-state index is 13.6. The second-order valence-corrected chi connectivity index (χ2v) is 10.3. The number of nitrogens with zero attached hydrogens (tertiary/aromatic N) is 1. The molecule has 0 unspecified atom stereocenters. The van der Waals surface area contributed by atoms with Crippen LogP contribution in [0, 0.1) is 6.92 Å². The minimum Gasteiger partial charge on any atom is -0.352 e. The third-order valence-electron chi connectivity index (χ3n) is 5.74. The van der Waals surface area contributed by atoms with Crippen LogP contribution in [0.3, 0.4) is 0 Å². The Labute approximate surface area is 218 Å². The predicted molar refractivity (Wildman–Crippen MR) is 147 cm³/mol. The monoisotopic (exact) mass is 508 g/mol. The number of thioether (sulfide) groups is 1. The van der Waals surface area contributed by atoms with E-state index in [2.05, 4.69) is 5.32 Å². The first-order valence-electron chi connectivity index (χ1n) is 11.8. The number of carbonyl (C=O) groups is 2. The van der Waals surface area contributed by atoms with E-state index >= 15 is 0 Å². The number of rotatable bonds is 11. The van der Waals surface area contributed by atoms with E-state index in [9.17, 15) is 9.59 Å². The zero-order valence-corrected chi connectivity index (χ0v) is 22.1. The lowest BCUT2D eigenvalue weighted by Gasteiger charge is -2.32. The summed E-state index contributed by atoms with van der Waals surface area (Å²) in [6.45, 7) is 6.28.